The molecule has 1 saturated heterocycles. The summed E-state index contributed by atoms with van der Waals surface area (Å²) in [6.45, 7) is 11.6. The first-order valence-electron chi connectivity index (χ1n) is 14.5. The molecule has 8 atom stereocenters. The average molecular weight is 508 g/mol. The van der Waals surface area contributed by atoms with E-state index in [1.54, 1.807) is 0 Å². The number of cyclic esters (lactones) is 1. The van der Waals surface area contributed by atoms with Crippen molar-refractivity contribution in [3.63, 3.8) is 0 Å². The molecule has 1 fully saturated rings. The molecule has 5 heteroatoms. The molecular weight excluding hydrogens is 462 g/mol. The Labute approximate surface area is 222 Å². The van der Waals surface area contributed by atoms with Crippen molar-refractivity contribution in [2.45, 2.75) is 110 Å². The number of rotatable bonds is 1. The van der Waals surface area contributed by atoms with Gasteiger partial charge in [0, 0.05) is 29.7 Å². The zero-order valence-electron chi connectivity index (χ0n) is 23.3. The van der Waals surface area contributed by atoms with Crippen LogP contribution in [0.15, 0.2) is 51.1 Å². The number of carbonyl (C=O) groups excluding carboxylic acids is 1. The lowest BCUT2D eigenvalue weighted by atomic mass is 9.69. The second kappa shape index (κ2) is 11.0. The minimum absolute atomic E-state index is 0.148. The number of fused-ring (bicyclic) bond motifs is 4. The van der Waals surface area contributed by atoms with Crippen molar-refractivity contribution in [2.75, 3.05) is 6.54 Å². The lowest BCUT2D eigenvalue weighted by Crippen LogP contribution is -2.30. The van der Waals surface area contributed by atoms with Gasteiger partial charge in [-0.1, -0.05) is 18.6 Å². The summed E-state index contributed by atoms with van der Waals surface area (Å²) in [5.74, 6) is 1.45. The van der Waals surface area contributed by atoms with Crippen LogP contribution in [0.3, 0.4) is 0 Å². The van der Waals surface area contributed by atoms with Crippen molar-refractivity contribution in [3.05, 3.63) is 46.1 Å². The van der Waals surface area contributed by atoms with E-state index < -0.39 is 6.10 Å². The van der Waals surface area contributed by atoms with Crippen LogP contribution < -0.4 is 0 Å². The van der Waals surface area contributed by atoms with E-state index in [2.05, 4.69) is 39.8 Å². The number of hydrogen-bond acceptors (Lipinski definition) is 5. The number of aliphatic imine (C=N–C) groups is 1. The van der Waals surface area contributed by atoms with Gasteiger partial charge in [0.15, 0.2) is 0 Å². The third kappa shape index (κ3) is 5.59. The maximum atomic E-state index is 12.1. The van der Waals surface area contributed by atoms with Crippen LogP contribution in [-0.4, -0.2) is 47.7 Å². The molecule has 5 nitrogen and oxygen atoms in total. The molecule has 0 aromatic rings. The zero-order chi connectivity index (χ0) is 26.3. The van der Waals surface area contributed by atoms with Crippen molar-refractivity contribution in [1.82, 2.24) is 0 Å². The second-order valence-electron chi connectivity index (χ2n) is 12.4. The van der Waals surface area contributed by atoms with Gasteiger partial charge in [-0.15, -0.1) is 0 Å². The monoisotopic (exact) mass is 507 g/mol. The summed E-state index contributed by atoms with van der Waals surface area (Å²) in [6, 6.07) is 0. The number of nitrogens with zero attached hydrogens (tertiary/aromatic N) is 1. The third-order valence-corrected chi connectivity index (χ3v) is 9.66. The van der Waals surface area contributed by atoms with E-state index in [1.165, 1.54) is 28.9 Å². The summed E-state index contributed by atoms with van der Waals surface area (Å²) in [6.07, 6.45) is 14.4. The maximum absolute atomic E-state index is 12.1. The van der Waals surface area contributed by atoms with Crippen LogP contribution in [0.4, 0.5) is 0 Å². The lowest BCUT2D eigenvalue weighted by molar-refractivity contribution is -0.138. The van der Waals surface area contributed by atoms with Crippen LogP contribution in [0.25, 0.3) is 0 Å². The summed E-state index contributed by atoms with van der Waals surface area (Å²) in [4.78, 5) is 17.2. The molecular formula is C32H45NO4. The highest BCUT2D eigenvalue weighted by molar-refractivity contribution is 5.98. The Hall–Kier alpha value is -1.98. The molecule has 0 aromatic carbocycles. The van der Waals surface area contributed by atoms with Gasteiger partial charge in [0.1, 0.15) is 6.10 Å². The fourth-order valence-corrected chi connectivity index (χ4v) is 7.44. The van der Waals surface area contributed by atoms with E-state index in [4.69, 9.17) is 14.5 Å². The largest absolute Gasteiger partial charge is 0.450 e. The number of allylic oxidation sites excluding steroid dienone is 3. The predicted octanol–water partition coefficient (Wildman–Crippen LogP) is 6.28. The Morgan fingerprint density at radius 2 is 1.81 bits per heavy atom. The van der Waals surface area contributed by atoms with Crippen LogP contribution >= 0.6 is 0 Å². The summed E-state index contributed by atoms with van der Waals surface area (Å²) in [7, 11) is 0. The Balaban J connectivity index is 1.50. The highest BCUT2D eigenvalue weighted by Gasteiger charge is 2.38. The van der Waals surface area contributed by atoms with Gasteiger partial charge in [-0.25, -0.2) is 4.79 Å². The molecule has 1 N–H and O–H groups in total. The number of ether oxygens (including phenoxy) is 2. The summed E-state index contributed by atoms with van der Waals surface area (Å²) < 4.78 is 12.2. The quantitative estimate of drug-likeness (QED) is 0.335. The Kier molecular flexibility index (Phi) is 7.93. The maximum Gasteiger partial charge on any atom is 0.334 e. The van der Waals surface area contributed by atoms with Gasteiger partial charge in [0.25, 0.3) is 0 Å². The molecule has 4 aliphatic heterocycles. The molecule has 37 heavy (non-hydrogen) atoms. The van der Waals surface area contributed by atoms with Crippen LogP contribution in [0.5, 0.6) is 0 Å². The van der Waals surface area contributed by atoms with Crippen LogP contribution in [0.1, 0.15) is 86.0 Å². The zero-order valence-corrected chi connectivity index (χ0v) is 23.3. The van der Waals surface area contributed by atoms with Crippen molar-refractivity contribution in [1.29, 1.82) is 0 Å². The molecule has 0 aromatic heterocycles. The van der Waals surface area contributed by atoms with Crippen molar-refractivity contribution >= 4 is 11.7 Å². The number of aliphatic hydroxyl groups is 1. The Morgan fingerprint density at radius 1 is 1.00 bits per heavy atom. The molecule has 4 heterocycles. The number of carbonyl (C=O) groups is 1. The molecule has 2 bridgehead atoms. The standard InChI is InChI=1S/C32H45NO4/c1-18-14-27-22(5)26(30-16-21(4)32(35)37-30)10-8-23(27)17-24-7-6-12-33-28(24)15-20(3)31-19(2)13-25(36-31)9-11-29(18)34/h14-16,19,23-25,27,29-31,34H,6-13,17H2,1-5H3/b18-14+,20-15+/t19-,23?,24-,25+,27+,29+,30+,31+/m1/s1. The summed E-state index contributed by atoms with van der Waals surface area (Å²) in [5.41, 5.74) is 6.87. The minimum Gasteiger partial charge on any atom is -0.450 e. The highest BCUT2D eigenvalue weighted by Crippen LogP contribution is 2.44. The average Bonchev–Trinajstić information content (AvgIpc) is 3.41. The van der Waals surface area contributed by atoms with Crippen LogP contribution in [0.2, 0.25) is 0 Å². The van der Waals surface area contributed by atoms with Gasteiger partial charge in [-0.3, -0.25) is 4.99 Å². The van der Waals surface area contributed by atoms with Crippen LogP contribution in [-0.2, 0) is 14.3 Å². The third-order valence-electron chi connectivity index (χ3n) is 9.66. The van der Waals surface area contributed by atoms with Crippen molar-refractivity contribution < 1.29 is 19.4 Å². The topological polar surface area (TPSA) is 68.1 Å². The fourth-order valence-electron chi connectivity index (χ4n) is 7.44. The van der Waals surface area contributed by atoms with E-state index >= 15 is 0 Å². The molecule has 0 spiro atoms. The first kappa shape index (κ1) is 26.6. The molecule has 0 amide bonds. The van der Waals surface area contributed by atoms with Gasteiger partial charge >= 0.3 is 5.97 Å². The predicted molar refractivity (Wildman–Crippen MR) is 147 cm³/mol. The van der Waals surface area contributed by atoms with E-state index in [-0.39, 0.29) is 30.2 Å². The normalized spacial score (nSPS) is 42.2. The Bertz CT molecular complexity index is 1060. The fraction of sp³-hybridized carbons (Fsp3) is 0.688. The molecule has 1 aliphatic carbocycles. The molecule has 202 valence electrons. The van der Waals surface area contributed by atoms with Gasteiger partial charge in [0.2, 0.25) is 0 Å². The Morgan fingerprint density at radius 3 is 2.57 bits per heavy atom. The number of hydrogen-bond donors (Lipinski definition) is 1. The summed E-state index contributed by atoms with van der Waals surface area (Å²) >= 11 is 0. The molecule has 5 aliphatic rings. The number of esters is 1. The lowest BCUT2D eigenvalue weighted by Gasteiger charge is -2.37. The van der Waals surface area contributed by atoms with Gasteiger partial charge in [0.05, 0.1) is 18.3 Å². The SMILES string of the molecule is CC1=C[C@@H](C2=C(C)[C@@H]3/C=C(\C)[C@@H](O)CC[C@H]4C[C@@H](C)[C@H](O4)/C(C)=C/C4=NCCC[C@@H]4CC3CC2)OC1=O. The molecule has 0 radical (unpaired) electrons. The second-order valence-corrected chi connectivity index (χ2v) is 12.4. The summed E-state index contributed by atoms with van der Waals surface area (Å²) in [5, 5.41) is 11.1. The van der Waals surface area contributed by atoms with Crippen molar-refractivity contribution in [3.8, 4) is 0 Å². The smallest absolute Gasteiger partial charge is 0.334 e. The molecule has 0 saturated carbocycles. The van der Waals surface area contributed by atoms with Gasteiger partial charge in [-0.05, 0) is 120 Å². The van der Waals surface area contributed by atoms with Gasteiger partial charge in [-0.2, -0.15) is 0 Å². The van der Waals surface area contributed by atoms with Crippen LogP contribution in [0, 0.1) is 23.7 Å². The van der Waals surface area contributed by atoms with Gasteiger partial charge < -0.3 is 14.6 Å². The minimum atomic E-state index is -0.461. The highest BCUT2D eigenvalue weighted by atomic mass is 16.5. The molecule has 1 unspecified atom stereocenters. The van der Waals surface area contributed by atoms with E-state index in [1.807, 2.05) is 13.0 Å². The molecule has 5 rings (SSSR count). The first-order chi connectivity index (χ1) is 17.7. The van der Waals surface area contributed by atoms with Crippen molar-refractivity contribution in [2.24, 2.45) is 28.7 Å². The van der Waals surface area contributed by atoms with E-state index in [9.17, 15) is 9.90 Å². The van der Waals surface area contributed by atoms with E-state index in [0.29, 0.717) is 23.3 Å². The first-order valence-corrected chi connectivity index (χ1v) is 14.5. The van der Waals surface area contributed by atoms with E-state index in [0.717, 1.165) is 57.1 Å². The number of aliphatic hydroxyl groups excluding tert-OH is 1.